The van der Waals surface area contributed by atoms with Crippen molar-refractivity contribution >= 4 is 17.5 Å². The van der Waals surface area contributed by atoms with Gasteiger partial charge in [-0.25, -0.2) is 0 Å². The molecule has 1 aliphatic carbocycles. The van der Waals surface area contributed by atoms with Gasteiger partial charge in [-0.1, -0.05) is 41.4 Å². The van der Waals surface area contributed by atoms with Crippen LogP contribution in [0.4, 0.5) is 0 Å². The molecule has 1 aromatic heterocycles. The molecule has 1 aliphatic rings. The van der Waals surface area contributed by atoms with Gasteiger partial charge >= 0.3 is 0 Å². The summed E-state index contributed by atoms with van der Waals surface area (Å²) >= 11 is 6.05. The van der Waals surface area contributed by atoms with Crippen LogP contribution in [0.1, 0.15) is 34.5 Å². The Morgan fingerprint density at radius 1 is 1.04 bits per heavy atom. The summed E-state index contributed by atoms with van der Waals surface area (Å²) < 4.78 is 2.14. The molecule has 0 radical (unpaired) electrons. The molecule has 0 bridgehead atoms. The zero-order valence-electron chi connectivity index (χ0n) is 14.9. The fourth-order valence-corrected chi connectivity index (χ4v) is 3.31. The van der Waals surface area contributed by atoms with Crippen molar-refractivity contribution in [3.63, 3.8) is 0 Å². The zero-order chi connectivity index (χ0) is 18.3. The molecular weight excluding hydrogens is 344 g/mol. The van der Waals surface area contributed by atoms with E-state index >= 15 is 0 Å². The van der Waals surface area contributed by atoms with Crippen molar-refractivity contribution in [2.75, 3.05) is 0 Å². The molecule has 1 N–H and O–H groups in total. The second-order valence-corrected chi connectivity index (χ2v) is 7.39. The average Bonchev–Trinajstić information content (AvgIpc) is 3.37. The molecule has 0 atom stereocenters. The second-order valence-electron chi connectivity index (χ2n) is 6.95. The Morgan fingerprint density at radius 3 is 2.31 bits per heavy atom. The van der Waals surface area contributed by atoms with Crippen LogP contribution in [0.2, 0.25) is 5.02 Å². The van der Waals surface area contributed by atoms with E-state index in [-0.39, 0.29) is 5.91 Å². The first kappa shape index (κ1) is 16.9. The molecule has 1 heterocycles. The van der Waals surface area contributed by atoms with Gasteiger partial charge in [0.25, 0.3) is 5.91 Å². The SMILES string of the molecule is Cc1ccc(-n2c(-c3ccc(Cl)cc3)cc(C(=O)NC3CC3)c2C)cc1. The molecule has 132 valence electrons. The van der Waals surface area contributed by atoms with E-state index in [9.17, 15) is 4.79 Å². The Hall–Kier alpha value is -2.52. The van der Waals surface area contributed by atoms with Crippen molar-refractivity contribution in [3.8, 4) is 16.9 Å². The first-order valence-corrected chi connectivity index (χ1v) is 9.27. The molecule has 0 unspecified atom stereocenters. The van der Waals surface area contributed by atoms with Crippen LogP contribution in [-0.2, 0) is 0 Å². The van der Waals surface area contributed by atoms with Gasteiger partial charge < -0.3 is 9.88 Å². The molecule has 4 heteroatoms. The summed E-state index contributed by atoms with van der Waals surface area (Å²) in [6, 6.07) is 18.4. The van der Waals surface area contributed by atoms with Gasteiger partial charge in [-0.3, -0.25) is 4.79 Å². The lowest BCUT2D eigenvalue weighted by atomic mass is 10.1. The smallest absolute Gasteiger partial charge is 0.253 e. The van der Waals surface area contributed by atoms with Gasteiger partial charge in [-0.2, -0.15) is 0 Å². The summed E-state index contributed by atoms with van der Waals surface area (Å²) in [4.78, 5) is 12.7. The standard InChI is InChI=1S/C22H21ClN2O/c1-14-3-11-19(12-4-14)25-15(2)20(22(26)24-18-9-10-18)13-21(25)16-5-7-17(23)8-6-16/h3-8,11-13,18H,9-10H2,1-2H3,(H,24,26). The summed E-state index contributed by atoms with van der Waals surface area (Å²) in [5.74, 6) is 0.00563. The normalized spacial score (nSPS) is 13.7. The van der Waals surface area contributed by atoms with Crippen LogP contribution < -0.4 is 5.32 Å². The van der Waals surface area contributed by atoms with Crippen molar-refractivity contribution in [1.29, 1.82) is 0 Å². The molecule has 3 aromatic rings. The molecule has 3 nitrogen and oxygen atoms in total. The first-order chi connectivity index (χ1) is 12.5. The van der Waals surface area contributed by atoms with Crippen LogP contribution >= 0.6 is 11.6 Å². The van der Waals surface area contributed by atoms with Gasteiger partial charge in [0.1, 0.15) is 0 Å². The maximum absolute atomic E-state index is 12.7. The molecule has 0 saturated heterocycles. The van der Waals surface area contributed by atoms with Crippen molar-refractivity contribution in [2.45, 2.75) is 32.7 Å². The Labute approximate surface area is 158 Å². The predicted molar refractivity (Wildman–Crippen MR) is 106 cm³/mol. The van der Waals surface area contributed by atoms with Crippen molar-refractivity contribution in [2.24, 2.45) is 0 Å². The van der Waals surface area contributed by atoms with Crippen LogP contribution in [0.15, 0.2) is 54.6 Å². The van der Waals surface area contributed by atoms with Gasteiger partial charge in [0, 0.05) is 22.4 Å². The van der Waals surface area contributed by atoms with E-state index in [4.69, 9.17) is 11.6 Å². The number of halogens is 1. The molecule has 1 fully saturated rings. The van der Waals surface area contributed by atoms with E-state index in [2.05, 4.69) is 41.1 Å². The number of nitrogens with zero attached hydrogens (tertiary/aromatic N) is 1. The lowest BCUT2D eigenvalue weighted by molar-refractivity contribution is 0.0950. The number of nitrogens with one attached hydrogen (secondary N) is 1. The number of amides is 1. The lowest BCUT2D eigenvalue weighted by Gasteiger charge is -2.13. The topological polar surface area (TPSA) is 34.0 Å². The summed E-state index contributed by atoms with van der Waals surface area (Å²) in [7, 11) is 0. The van der Waals surface area contributed by atoms with E-state index in [1.807, 2.05) is 37.3 Å². The van der Waals surface area contributed by atoms with Gasteiger partial charge in [-0.05, 0) is 62.6 Å². The summed E-state index contributed by atoms with van der Waals surface area (Å²) in [6.07, 6.45) is 2.15. The van der Waals surface area contributed by atoms with E-state index in [0.29, 0.717) is 11.1 Å². The van der Waals surface area contributed by atoms with E-state index < -0.39 is 0 Å². The Kier molecular flexibility index (Phi) is 4.33. The van der Waals surface area contributed by atoms with E-state index in [1.54, 1.807) is 0 Å². The number of hydrogen-bond acceptors (Lipinski definition) is 1. The van der Waals surface area contributed by atoms with E-state index in [1.165, 1.54) is 5.56 Å². The number of carbonyl (C=O) groups is 1. The Bertz CT molecular complexity index is 951. The molecular formula is C22H21ClN2O. The fourth-order valence-electron chi connectivity index (χ4n) is 3.19. The Balaban J connectivity index is 1.85. The second kappa shape index (κ2) is 6.65. The van der Waals surface area contributed by atoms with Crippen molar-refractivity contribution in [3.05, 3.63) is 76.4 Å². The number of hydrogen-bond donors (Lipinski definition) is 1. The van der Waals surface area contributed by atoms with Crippen LogP contribution in [0.3, 0.4) is 0 Å². The van der Waals surface area contributed by atoms with Gasteiger partial charge in [0.05, 0.1) is 11.3 Å². The zero-order valence-corrected chi connectivity index (χ0v) is 15.7. The number of rotatable bonds is 4. The molecule has 0 aliphatic heterocycles. The third kappa shape index (κ3) is 3.27. The third-order valence-corrected chi connectivity index (χ3v) is 5.09. The molecule has 1 amide bonds. The first-order valence-electron chi connectivity index (χ1n) is 8.89. The highest BCUT2D eigenvalue weighted by Crippen LogP contribution is 2.31. The highest BCUT2D eigenvalue weighted by molar-refractivity contribution is 6.30. The third-order valence-electron chi connectivity index (χ3n) is 4.84. The van der Waals surface area contributed by atoms with Gasteiger partial charge in [0.15, 0.2) is 0 Å². The fraction of sp³-hybridized carbons (Fsp3) is 0.227. The molecule has 4 rings (SSSR count). The van der Waals surface area contributed by atoms with E-state index in [0.717, 1.165) is 41.0 Å². The van der Waals surface area contributed by atoms with Crippen LogP contribution in [0.25, 0.3) is 16.9 Å². The van der Waals surface area contributed by atoms with Crippen molar-refractivity contribution in [1.82, 2.24) is 9.88 Å². The summed E-state index contributed by atoms with van der Waals surface area (Å²) in [6.45, 7) is 4.07. The largest absolute Gasteiger partial charge is 0.349 e. The minimum Gasteiger partial charge on any atom is -0.349 e. The maximum Gasteiger partial charge on any atom is 0.253 e. The highest BCUT2D eigenvalue weighted by atomic mass is 35.5. The average molecular weight is 365 g/mol. The minimum atomic E-state index is 0.00563. The highest BCUT2D eigenvalue weighted by Gasteiger charge is 2.26. The van der Waals surface area contributed by atoms with Crippen LogP contribution in [-0.4, -0.2) is 16.5 Å². The monoisotopic (exact) mass is 364 g/mol. The number of aryl methyl sites for hydroxylation is 1. The quantitative estimate of drug-likeness (QED) is 0.669. The van der Waals surface area contributed by atoms with Gasteiger partial charge in [0.2, 0.25) is 0 Å². The number of aromatic nitrogens is 1. The Morgan fingerprint density at radius 2 is 1.69 bits per heavy atom. The lowest BCUT2D eigenvalue weighted by Crippen LogP contribution is -2.25. The van der Waals surface area contributed by atoms with Crippen LogP contribution in [0.5, 0.6) is 0 Å². The minimum absolute atomic E-state index is 0.00563. The maximum atomic E-state index is 12.7. The molecule has 1 saturated carbocycles. The number of carbonyl (C=O) groups excluding carboxylic acids is 1. The van der Waals surface area contributed by atoms with Gasteiger partial charge in [-0.15, -0.1) is 0 Å². The van der Waals surface area contributed by atoms with Crippen molar-refractivity contribution < 1.29 is 4.79 Å². The molecule has 2 aromatic carbocycles. The summed E-state index contributed by atoms with van der Waals surface area (Å²) in [5, 5.41) is 3.80. The predicted octanol–water partition coefficient (Wildman–Crippen LogP) is 5.31. The molecule has 26 heavy (non-hydrogen) atoms. The summed E-state index contributed by atoms with van der Waals surface area (Å²) in [5.41, 5.74) is 5.94. The van der Waals surface area contributed by atoms with Crippen LogP contribution in [0, 0.1) is 13.8 Å². The molecule has 0 spiro atoms. The number of benzene rings is 2.